The van der Waals surface area contributed by atoms with Crippen molar-refractivity contribution in [3.63, 3.8) is 0 Å². The summed E-state index contributed by atoms with van der Waals surface area (Å²) in [6.45, 7) is 11.2. The van der Waals surface area contributed by atoms with Crippen LogP contribution in [0.15, 0.2) is 23.3 Å². The van der Waals surface area contributed by atoms with E-state index in [0.717, 1.165) is 24.0 Å². The fourth-order valence-corrected chi connectivity index (χ4v) is 13.8. The SMILES string of the molecule is COC(=O)[C@@]1(C)[C@@H](OC(=O)/C=C2\CC[C@H]3[C@@H]([C@@H](O)C(=O)[C@@H]4[C@]3(C)CCC[C@]4(C)C(=O)OC)[C@H]2C)CC[C@@]2(C)[C@H]1[C@@H](O)C(=O)[C@H]1[C@@H](C)/C(=C/C(=O)NCCO)CC[C@@H]12. The molecule has 0 heterocycles. The van der Waals surface area contributed by atoms with Crippen LogP contribution < -0.4 is 5.32 Å². The number of carbonyl (C=O) groups is 6. The highest BCUT2D eigenvalue weighted by atomic mass is 16.6. The first-order valence-corrected chi connectivity index (χ1v) is 20.9. The quantitative estimate of drug-likeness (QED) is 0.166. The molecule has 0 aliphatic heterocycles. The van der Waals surface area contributed by atoms with Gasteiger partial charge in [-0.3, -0.25) is 24.0 Å². The highest BCUT2D eigenvalue weighted by Gasteiger charge is 2.70. The molecule has 13 nitrogen and oxygen atoms in total. The van der Waals surface area contributed by atoms with Crippen molar-refractivity contribution in [3.8, 4) is 0 Å². The molecule has 4 N–H and O–H groups in total. The fourth-order valence-electron chi connectivity index (χ4n) is 13.8. The van der Waals surface area contributed by atoms with Crippen LogP contribution in [0.25, 0.3) is 0 Å². The van der Waals surface area contributed by atoms with Crippen LogP contribution >= 0.6 is 0 Å². The Morgan fingerprint density at radius 1 is 0.789 bits per heavy atom. The Balaban J connectivity index is 1.24. The van der Waals surface area contributed by atoms with Gasteiger partial charge in [-0.1, -0.05) is 45.3 Å². The molecule has 0 spiro atoms. The second-order valence-electron chi connectivity index (χ2n) is 19.0. The van der Waals surface area contributed by atoms with Crippen molar-refractivity contribution in [1.82, 2.24) is 5.32 Å². The first-order valence-electron chi connectivity index (χ1n) is 20.9. The number of ketones is 2. The standard InChI is InChI=1S/C44H63NO12/c1-22-24(20-29(47)45-18-19-46)10-12-27-31(22)34(50)36(52)38-42(27,4)17-14-28(44(38,6)40(54)56-8)57-30(48)21-25-11-13-26-32(23(25)2)33(49)35(51)37-41(26,3)15-9-16-43(37,5)39(53)55-7/h20-23,26-28,31-33,36-38,46,49,52H,9-19H2,1-8H3,(H,45,47)/b24-20+,25-21+/t22-,23-,26-,27-,28-,31-,32-,33+,36-,37+,38+,41+,42+,43-,44-/m0/s1. The summed E-state index contributed by atoms with van der Waals surface area (Å²) < 4.78 is 16.7. The first kappa shape index (κ1) is 43.2. The summed E-state index contributed by atoms with van der Waals surface area (Å²) >= 11 is 0. The van der Waals surface area contributed by atoms with E-state index in [4.69, 9.17) is 19.3 Å². The number of Topliss-reactive ketones (excluding diaryl/α,β-unsaturated/α-hetero) is 2. The van der Waals surface area contributed by atoms with Crippen molar-refractivity contribution in [2.75, 3.05) is 27.4 Å². The Morgan fingerprint density at radius 3 is 2.05 bits per heavy atom. The smallest absolute Gasteiger partial charge is 0.331 e. The topological polar surface area (TPSA) is 203 Å². The van der Waals surface area contributed by atoms with Crippen LogP contribution in [0.2, 0.25) is 0 Å². The zero-order valence-corrected chi connectivity index (χ0v) is 34.8. The highest BCUT2D eigenvalue weighted by Crippen LogP contribution is 2.66. The van der Waals surface area contributed by atoms with E-state index in [-0.39, 0.29) is 54.9 Å². The number of methoxy groups -OCH3 is 2. The minimum Gasteiger partial charge on any atom is -0.469 e. The Hall–Kier alpha value is -3.42. The van der Waals surface area contributed by atoms with Crippen LogP contribution in [-0.4, -0.2) is 96.4 Å². The molecule has 0 aromatic heterocycles. The summed E-state index contributed by atoms with van der Waals surface area (Å²) in [5, 5.41) is 35.3. The highest BCUT2D eigenvalue weighted by molar-refractivity contribution is 5.94. The van der Waals surface area contributed by atoms with E-state index >= 15 is 0 Å². The Morgan fingerprint density at radius 2 is 1.42 bits per heavy atom. The van der Waals surface area contributed by atoms with E-state index < -0.39 is 87.3 Å². The average Bonchev–Trinajstić information content (AvgIpc) is 3.17. The van der Waals surface area contributed by atoms with Gasteiger partial charge in [0.25, 0.3) is 0 Å². The van der Waals surface area contributed by atoms with Crippen LogP contribution in [0.1, 0.15) is 99.3 Å². The minimum absolute atomic E-state index is 0.0760. The van der Waals surface area contributed by atoms with Crippen LogP contribution in [0.4, 0.5) is 0 Å². The van der Waals surface area contributed by atoms with Crippen molar-refractivity contribution in [2.24, 2.45) is 69.0 Å². The molecular weight excluding hydrogens is 734 g/mol. The number of esters is 3. The second kappa shape index (κ2) is 15.6. The molecule has 0 aromatic carbocycles. The number of nitrogens with one attached hydrogen (secondary N) is 1. The summed E-state index contributed by atoms with van der Waals surface area (Å²) in [4.78, 5) is 81.7. The third-order valence-corrected chi connectivity index (χ3v) is 16.5. The summed E-state index contributed by atoms with van der Waals surface area (Å²) in [7, 11) is 2.57. The van der Waals surface area contributed by atoms with Gasteiger partial charge in [-0.05, 0) is 99.7 Å². The number of aliphatic hydroxyl groups excluding tert-OH is 3. The molecule has 0 aromatic rings. The lowest BCUT2D eigenvalue weighted by atomic mass is 9.41. The Kier molecular flexibility index (Phi) is 11.8. The van der Waals surface area contributed by atoms with Gasteiger partial charge in [-0.2, -0.15) is 0 Å². The molecule has 57 heavy (non-hydrogen) atoms. The number of hydrogen-bond acceptors (Lipinski definition) is 12. The van der Waals surface area contributed by atoms with Gasteiger partial charge in [0.2, 0.25) is 5.91 Å². The number of carbonyl (C=O) groups excluding carboxylic acids is 6. The van der Waals surface area contributed by atoms with Crippen molar-refractivity contribution in [3.05, 3.63) is 23.3 Å². The number of allylic oxidation sites excluding steroid dienone is 2. The third-order valence-electron chi connectivity index (χ3n) is 16.5. The second-order valence-corrected chi connectivity index (χ2v) is 19.0. The van der Waals surface area contributed by atoms with Crippen LogP contribution in [0.3, 0.4) is 0 Å². The molecule has 6 saturated carbocycles. The van der Waals surface area contributed by atoms with Crippen LogP contribution in [0, 0.1) is 69.0 Å². The fraction of sp³-hybridized carbons (Fsp3) is 0.773. The molecule has 0 unspecified atom stereocenters. The minimum atomic E-state index is -1.58. The molecule has 0 radical (unpaired) electrons. The normalized spacial score (nSPS) is 45.5. The summed E-state index contributed by atoms with van der Waals surface area (Å²) in [5.41, 5.74) is -2.35. The zero-order valence-electron chi connectivity index (χ0n) is 34.8. The molecule has 6 fully saturated rings. The molecule has 0 saturated heterocycles. The summed E-state index contributed by atoms with van der Waals surface area (Å²) in [6.07, 6.45) is 3.97. The predicted molar refractivity (Wildman–Crippen MR) is 205 cm³/mol. The van der Waals surface area contributed by atoms with Gasteiger partial charge in [0.15, 0.2) is 11.6 Å². The first-order chi connectivity index (χ1) is 26.8. The van der Waals surface area contributed by atoms with E-state index in [0.29, 0.717) is 38.5 Å². The Bertz CT molecular complexity index is 1740. The molecule has 13 heteroatoms. The van der Waals surface area contributed by atoms with E-state index in [2.05, 4.69) is 12.2 Å². The third kappa shape index (κ3) is 6.62. The van der Waals surface area contributed by atoms with E-state index in [9.17, 15) is 39.0 Å². The summed E-state index contributed by atoms with van der Waals surface area (Å²) in [5.74, 6) is -6.59. The summed E-state index contributed by atoms with van der Waals surface area (Å²) in [6, 6.07) is 0. The molecule has 6 rings (SSSR count). The average molecular weight is 798 g/mol. The largest absolute Gasteiger partial charge is 0.469 e. The van der Waals surface area contributed by atoms with Gasteiger partial charge < -0.3 is 34.8 Å². The Labute approximate surface area is 335 Å². The lowest BCUT2D eigenvalue weighted by Gasteiger charge is -2.63. The lowest BCUT2D eigenvalue weighted by molar-refractivity contribution is -0.222. The maximum atomic E-state index is 14.2. The molecule has 0 bridgehead atoms. The number of hydrogen-bond donors (Lipinski definition) is 4. The number of ether oxygens (including phenoxy) is 3. The molecule has 1 amide bonds. The van der Waals surface area contributed by atoms with Gasteiger partial charge in [0.1, 0.15) is 23.7 Å². The van der Waals surface area contributed by atoms with Crippen LogP contribution in [0.5, 0.6) is 0 Å². The lowest BCUT2D eigenvalue weighted by Crippen LogP contribution is -2.68. The van der Waals surface area contributed by atoms with E-state index in [1.54, 1.807) is 13.8 Å². The molecule has 15 atom stereocenters. The van der Waals surface area contributed by atoms with Crippen LogP contribution in [-0.2, 0) is 43.0 Å². The number of fused-ring (bicyclic) bond motifs is 6. The van der Waals surface area contributed by atoms with E-state index in [1.165, 1.54) is 26.4 Å². The predicted octanol–water partition coefficient (Wildman–Crippen LogP) is 3.65. The molecule has 6 aliphatic rings. The molecular formula is C44H63NO12. The van der Waals surface area contributed by atoms with Gasteiger partial charge in [-0.15, -0.1) is 0 Å². The van der Waals surface area contributed by atoms with Crippen molar-refractivity contribution >= 4 is 35.4 Å². The zero-order chi connectivity index (χ0) is 42.0. The van der Waals surface area contributed by atoms with Gasteiger partial charge in [0, 0.05) is 42.4 Å². The number of amides is 1. The monoisotopic (exact) mass is 797 g/mol. The maximum Gasteiger partial charge on any atom is 0.331 e. The van der Waals surface area contributed by atoms with Gasteiger partial charge in [-0.25, -0.2) is 4.79 Å². The van der Waals surface area contributed by atoms with Gasteiger partial charge in [0.05, 0.1) is 26.2 Å². The maximum absolute atomic E-state index is 14.2. The number of aliphatic hydroxyl groups is 3. The van der Waals surface area contributed by atoms with Crippen molar-refractivity contribution in [2.45, 2.75) is 118 Å². The van der Waals surface area contributed by atoms with Crippen molar-refractivity contribution in [1.29, 1.82) is 0 Å². The number of rotatable bonds is 7. The van der Waals surface area contributed by atoms with E-state index in [1.807, 2.05) is 20.8 Å². The molecule has 6 aliphatic carbocycles. The van der Waals surface area contributed by atoms with Crippen molar-refractivity contribution < 1.29 is 58.3 Å². The molecule has 316 valence electrons. The van der Waals surface area contributed by atoms with Gasteiger partial charge >= 0.3 is 17.9 Å².